The fourth-order valence-corrected chi connectivity index (χ4v) is 2.33. The van der Waals surface area contributed by atoms with Crippen LogP contribution in [0.3, 0.4) is 0 Å². The van der Waals surface area contributed by atoms with Crippen LogP contribution in [0.4, 0.5) is 5.69 Å². The first-order chi connectivity index (χ1) is 8.13. The van der Waals surface area contributed by atoms with Crippen molar-refractivity contribution in [2.75, 3.05) is 19.0 Å². The second-order valence-corrected chi connectivity index (χ2v) is 5.07. The molecular formula is C15H21NO. The molecule has 0 heterocycles. The first kappa shape index (κ1) is 12.2. The van der Waals surface area contributed by atoms with E-state index in [4.69, 9.17) is 0 Å². The van der Waals surface area contributed by atoms with Crippen LogP contribution in [-0.4, -0.2) is 19.9 Å². The topological polar surface area (TPSA) is 20.3 Å². The Hall–Kier alpha value is -1.31. The van der Waals surface area contributed by atoms with Gasteiger partial charge in [-0.3, -0.25) is 4.79 Å². The van der Waals surface area contributed by atoms with Gasteiger partial charge in [0, 0.05) is 31.8 Å². The van der Waals surface area contributed by atoms with Crippen molar-refractivity contribution in [2.45, 2.75) is 38.5 Å². The van der Waals surface area contributed by atoms with Gasteiger partial charge in [0.25, 0.3) is 0 Å². The van der Waals surface area contributed by atoms with Crippen molar-refractivity contribution in [1.82, 2.24) is 0 Å². The molecule has 0 unspecified atom stereocenters. The number of hydrogen-bond donors (Lipinski definition) is 0. The van der Waals surface area contributed by atoms with Gasteiger partial charge in [0.15, 0.2) is 5.78 Å². The van der Waals surface area contributed by atoms with E-state index in [-0.39, 0.29) is 5.78 Å². The number of rotatable bonds is 4. The molecule has 0 amide bonds. The summed E-state index contributed by atoms with van der Waals surface area (Å²) in [5.41, 5.74) is 3.41. The zero-order valence-electron chi connectivity index (χ0n) is 11.0. The second kappa shape index (κ2) is 4.91. The number of carbonyl (C=O) groups is 1. The van der Waals surface area contributed by atoms with Crippen LogP contribution in [0.5, 0.6) is 0 Å². The van der Waals surface area contributed by atoms with Gasteiger partial charge in [-0.05, 0) is 42.5 Å². The van der Waals surface area contributed by atoms with E-state index in [9.17, 15) is 4.79 Å². The molecule has 0 aromatic heterocycles. The molecule has 0 radical (unpaired) electrons. The third-order valence-corrected chi connectivity index (χ3v) is 3.72. The lowest BCUT2D eigenvalue weighted by Gasteiger charge is -2.29. The van der Waals surface area contributed by atoms with Crippen LogP contribution < -0.4 is 4.90 Å². The van der Waals surface area contributed by atoms with Gasteiger partial charge in [0.2, 0.25) is 0 Å². The van der Waals surface area contributed by atoms with Gasteiger partial charge in [0.05, 0.1) is 0 Å². The number of ketones is 1. The molecular weight excluding hydrogens is 210 g/mol. The Bertz CT molecular complexity index is 419. The van der Waals surface area contributed by atoms with E-state index < -0.39 is 0 Å². The largest absolute Gasteiger partial charge is 0.378 e. The average molecular weight is 231 g/mol. The number of carbonyl (C=O) groups excluding carboxylic acids is 1. The Morgan fingerprint density at radius 2 is 2.06 bits per heavy atom. The van der Waals surface area contributed by atoms with Crippen molar-refractivity contribution in [1.29, 1.82) is 0 Å². The molecule has 0 N–H and O–H groups in total. The van der Waals surface area contributed by atoms with Crippen molar-refractivity contribution in [3.8, 4) is 0 Å². The lowest BCUT2D eigenvalue weighted by Crippen LogP contribution is -2.16. The Labute approximate surface area is 104 Å². The maximum Gasteiger partial charge on any atom is 0.162 e. The van der Waals surface area contributed by atoms with E-state index in [1.165, 1.54) is 30.5 Å². The minimum Gasteiger partial charge on any atom is -0.378 e. The lowest BCUT2D eigenvalue weighted by atomic mass is 9.77. The molecule has 92 valence electrons. The summed E-state index contributed by atoms with van der Waals surface area (Å²) in [6.07, 6.45) is 4.37. The average Bonchev–Trinajstić information content (AvgIpc) is 2.25. The molecule has 1 aliphatic rings. The summed E-state index contributed by atoms with van der Waals surface area (Å²) in [7, 11) is 4.09. The molecule has 2 heteroatoms. The maximum absolute atomic E-state index is 11.9. The van der Waals surface area contributed by atoms with Gasteiger partial charge in [-0.15, -0.1) is 0 Å². The van der Waals surface area contributed by atoms with Gasteiger partial charge >= 0.3 is 0 Å². The maximum atomic E-state index is 11.9. The van der Waals surface area contributed by atoms with Crippen molar-refractivity contribution in [3.63, 3.8) is 0 Å². The highest BCUT2D eigenvalue weighted by molar-refractivity contribution is 5.98. The van der Waals surface area contributed by atoms with E-state index >= 15 is 0 Å². The zero-order valence-corrected chi connectivity index (χ0v) is 11.0. The van der Waals surface area contributed by atoms with Crippen LogP contribution in [-0.2, 0) is 0 Å². The third-order valence-electron chi connectivity index (χ3n) is 3.72. The summed E-state index contributed by atoms with van der Waals surface area (Å²) < 4.78 is 0. The molecule has 17 heavy (non-hydrogen) atoms. The summed E-state index contributed by atoms with van der Waals surface area (Å²) in [6, 6.07) is 6.26. The molecule has 0 spiro atoms. The van der Waals surface area contributed by atoms with Crippen molar-refractivity contribution in [2.24, 2.45) is 0 Å². The Balaban J connectivity index is 2.40. The summed E-state index contributed by atoms with van der Waals surface area (Å²) >= 11 is 0. The van der Waals surface area contributed by atoms with Gasteiger partial charge in [0.1, 0.15) is 0 Å². The standard InChI is InChI=1S/C15H21NO/c1-4-15(17)13-9-8-12(16(2)3)10-14(13)11-6-5-7-11/h8-11H,4-7H2,1-3H3. The van der Waals surface area contributed by atoms with Gasteiger partial charge in [-0.1, -0.05) is 13.3 Å². The monoisotopic (exact) mass is 231 g/mol. The molecule has 0 aliphatic heterocycles. The van der Waals surface area contributed by atoms with E-state index in [1.54, 1.807) is 0 Å². The van der Waals surface area contributed by atoms with E-state index in [1.807, 2.05) is 33.2 Å². The minimum absolute atomic E-state index is 0.275. The molecule has 1 fully saturated rings. The lowest BCUT2D eigenvalue weighted by molar-refractivity contribution is 0.0986. The van der Waals surface area contributed by atoms with Crippen LogP contribution in [0.25, 0.3) is 0 Å². The fourth-order valence-electron chi connectivity index (χ4n) is 2.33. The second-order valence-electron chi connectivity index (χ2n) is 5.07. The van der Waals surface area contributed by atoms with Crippen molar-refractivity contribution >= 4 is 11.5 Å². The Morgan fingerprint density at radius 1 is 1.35 bits per heavy atom. The molecule has 0 saturated heterocycles. The number of anilines is 1. The predicted molar refractivity (Wildman–Crippen MR) is 72.0 cm³/mol. The molecule has 1 aromatic rings. The van der Waals surface area contributed by atoms with Crippen LogP contribution >= 0.6 is 0 Å². The molecule has 0 atom stereocenters. The third kappa shape index (κ3) is 2.36. The molecule has 2 rings (SSSR count). The first-order valence-corrected chi connectivity index (χ1v) is 6.48. The molecule has 1 aliphatic carbocycles. The highest BCUT2D eigenvalue weighted by Crippen LogP contribution is 2.39. The highest BCUT2D eigenvalue weighted by Gasteiger charge is 2.24. The fraction of sp³-hybridized carbons (Fsp3) is 0.533. The molecule has 1 saturated carbocycles. The number of hydrogen-bond acceptors (Lipinski definition) is 2. The van der Waals surface area contributed by atoms with E-state index in [0.717, 1.165) is 5.56 Å². The zero-order chi connectivity index (χ0) is 12.4. The SMILES string of the molecule is CCC(=O)c1ccc(N(C)C)cc1C1CCC1. The first-order valence-electron chi connectivity index (χ1n) is 6.48. The van der Waals surface area contributed by atoms with Crippen LogP contribution in [0.2, 0.25) is 0 Å². The quantitative estimate of drug-likeness (QED) is 0.738. The van der Waals surface area contributed by atoms with Crippen LogP contribution in [0.1, 0.15) is 54.4 Å². The molecule has 0 bridgehead atoms. The summed E-state index contributed by atoms with van der Waals surface area (Å²) in [5.74, 6) is 0.887. The molecule has 2 nitrogen and oxygen atoms in total. The van der Waals surface area contributed by atoms with Gasteiger partial charge in [-0.25, -0.2) is 0 Å². The molecule has 1 aromatic carbocycles. The minimum atomic E-state index is 0.275. The normalized spacial score (nSPS) is 15.5. The Kier molecular flexibility index (Phi) is 3.51. The summed E-state index contributed by atoms with van der Waals surface area (Å²) in [6.45, 7) is 1.94. The highest BCUT2D eigenvalue weighted by atomic mass is 16.1. The van der Waals surface area contributed by atoms with E-state index in [0.29, 0.717) is 12.3 Å². The Morgan fingerprint density at radius 3 is 2.53 bits per heavy atom. The number of Topliss-reactive ketones (excluding diaryl/α,β-unsaturated/α-hetero) is 1. The number of benzene rings is 1. The smallest absolute Gasteiger partial charge is 0.162 e. The van der Waals surface area contributed by atoms with E-state index in [2.05, 4.69) is 11.0 Å². The van der Waals surface area contributed by atoms with Gasteiger partial charge < -0.3 is 4.90 Å². The summed E-state index contributed by atoms with van der Waals surface area (Å²) in [5, 5.41) is 0. The van der Waals surface area contributed by atoms with Crippen molar-refractivity contribution < 1.29 is 4.79 Å². The predicted octanol–water partition coefficient (Wildman–Crippen LogP) is 3.61. The van der Waals surface area contributed by atoms with Crippen molar-refractivity contribution in [3.05, 3.63) is 29.3 Å². The summed E-state index contributed by atoms with van der Waals surface area (Å²) in [4.78, 5) is 14.0. The number of nitrogens with zero attached hydrogens (tertiary/aromatic N) is 1. The van der Waals surface area contributed by atoms with Crippen LogP contribution in [0, 0.1) is 0 Å². The van der Waals surface area contributed by atoms with Crippen LogP contribution in [0.15, 0.2) is 18.2 Å². The van der Waals surface area contributed by atoms with Gasteiger partial charge in [-0.2, -0.15) is 0 Å².